The summed E-state index contributed by atoms with van der Waals surface area (Å²) in [4.78, 5) is 8.45. The summed E-state index contributed by atoms with van der Waals surface area (Å²) in [7, 11) is -3.50. The zero-order chi connectivity index (χ0) is 18.1. The minimum absolute atomic E-state index is 0.268. The van der Waals surface area contributed by atoms with E-state index in [0.29, 0.717) is 0 Å². The van der Waals surface area contributed by atoms with E-state index < -0.39 is 7.60 Å². The predicted octanol–water partition coefficient (Wildman–Crippen LogP) is 5.07. The van der Waals surface area contributed by atoms with Crippen molar-refractivity contribution < 1.29 is 13.6 Å². The van der Waals surface area contributed by atoms with Crippen molar-refractivity contribution in [3.8, 4) is 0 Å². The molecule has 1 aromatic carbocycles. The first kappa shape index (κ1) is 19.3. The predicted molar refractivity (Wildman–Crippen MR) is 102 cm³/mol. The normalized spacial score (nSPS) is 12.7. The van der Waals surface area contributed by atoms with Crippen LogP contribution in [0.1, 0.15) is 30.5 Å². The fourth-order valence-electron chi connectivity index (χ4n) is 2.10. The molecule has 25 heavy (non-hydrogen) atoms. The van der Waals surface area contributed by atoms with Gasteiger partial charge in [-0.25, -0.2) is 4.99 Å². The van der Waals surface area contributed by atoms with E-state index in [-0.39, 0.29) is 18.7 Å². The number of aromatic nitrogens is 1. The number of aryl methyl sites for hydroxylation is 1. The lowest BCUT2D eigenvalue weighted by atomic mass is 10.1. The Balaban J connectivity index is 2.44. The van der Waals surface area contributed by atoms with Crippen LogP contribution in [0.5, 0.6) is 0 Å². The molecule has 0 amide bonds. The first-order valence-electron chi connectivity index (χ1n) is 8.19. The Morgan fingerprint density at radius 1 is 1.12 bits per heavy atom. The molecule has 2 aromatic rings. The van der Waals surface area contributed by atoms with Crippen LogP contribution < -0.4 is 0 Å². The zero-order valence-electron chi connectivity index (χ0n) is 14.8. The number of benzene rings is 1. The Hall–Kier alpha value is -2.07. The van der Waals surface area contributed by atoms with Crippen LogP contribution in [0.3, 0.4) is 0 Å². The fourth-order valence-corrected chi connectivity index (χ4v) is 3.63. The summed E-state index contributed by atoms with van der Waals surface area (Å²) < 4.78 is 24.1. The lowest BCUT2D eigenvalue weighted by molar-refractivity contribution is 0.226. The molecule has 1 heterocycles. The van der Waals surface area contributed by atoms with Crippen molar-refractivity contribution in [2.45, 2.75) is 20.8 Å². The number of aliphatic imine (C=N–C) groups is 1. The summed E-state index contributed by atoms with van der Waals surface area (Å²) in [6.07, 6.45) is 6.71. The third kappa shape index (κ3) is 5.75. The molecule has 0 bridgehead atoms. The van der Waals surface area contributed by atoms with E-state index in [1.54, 1.807) is 38.5 Å². The van der Waals surface area contributed by atoms with Gasteiger partial charge in [0, 0.05) is 24.2 Å². The molecule has 2 rings (SSSR count). The van der Waals surface area contributed by atoms with E-state index in [1.807, 2.05) is 43.3 Å². The third-order valence-electron chi connectivity index (χ3n) is 3.28. The molecule has 6 heteroatoms. The zero-order valence-corrected chi connectivity index (χ0v) is 15.6. The lowest BCUT2D eigenvalue weighted by Gasteiger charge is -2.17. The van der Waals surface area contributed by atoms with E-state index in [2.05, 4.69) is 9.98 Å². The van der Waals surface area contributed by atoms with Crippen LogP contribution in [0.25, 0.3) is 6.08 Å². The smallest absolute Gasteiger partial charge is 0.304 e. The van der Waals surface area contributed by atoms with Gasteiger partial charge in [0.2, 0.25) is 0 Å². The molecule has 1 aromatic heterocycles. The Morgan fingerprint density at radius 2 is 1.80 bits per heavy atom. The monoisotopic (exact) mass is 358 g/mol. The molecule has 0 saturated carbocycles. The SMILES string of the molecule is CCOP(=O)(OCC)C(=C/c1ccc(C)cc1)/N=C/c1cccnc1. The summed E-state index contributed by atoms with van der Waals surface area (Å²) in [5, 5.41) is 0. The summed E-state index contributed by atoms with van der Waals surface area (Å²) >= 11 is 0. The van der Waals surface area contributed by atoms with Crippen LogP contribution in [0.15, 0.2) is 59.2 Å². The molecule has 0 spiro atoms. The van der Waals surface area contributed by atoms with Crippen LogP contribution in [0.4, 0.5) is 0 Å². The van der Waals surface area contributed by atoms with Gasteiger partial charge >= 0.3 is 7.60 Å². The van der Waals surface area contributed by atoms with E-state index in [9.17, 15) is 4.57 Å². The maximum atomic E-state index is 13.2. The highest BCUT2D eigenvalue weighted by atomic mass is 31.2. The largest absolute Gasteiger partial charge is 0.379 e. The number of rotatable bonds is 8. The molecule has 0 saturated heterocycles. The topological polar surface area (TPSA) is 60.8 Å². The van der Waals surface area contributed by atoms with Gasteiger partial charge in [0.15, 0.2) is 5.44 Å². The molecule has 0 aliphatic carbocycles. The summed E-state index contributed by atoms with van der Waals surface area (Å²) in [5.74, 6) is 0. The second kappa shape index (κ2) is 9.42. The minimum Gasteiger partial charge on any atom is -0.304 e. The Kier molecular flexibility index (Phi) is 7.26. The molecule has 0 aliphatic rings. The lowest BCUT2D eigenvalue weighted by Crippen LogP contribution is -1.98. The van der Waals surface area contributed by atoms with E-state index in [4.69, 9.17) is 9.05 Å². The average molecular weight is 358 g/mol. The van der Waals surface area contributed by atoms with Gasteiger partial charge in [0.25, 0.3) is 0 Å². The Morgan fingerprint density at radius 3 is 2.36 bits per heavy atom. The van der Waals surface area contributed by atoms with Gasteiger partial charge in [-0.1, -0.05) is 35.9 Å². The highest BCUT2D eigenvalue weighted by molar-refractivity contribution is 7.58. The van der Waals surface area contributed by atoms with Crippen molar-refractivity contribution in [2.75, 3.05) is 13.2 Å². The number of nitrogens with zero attached hydrogens (tertiary/aromatic N) is 2. The van der Waals surface area contributed by atoms with Gasteiger partial charge < -0.3 is 9.05 Å². The van der Waals surface area contributed by atoms with Crippen molar-refractivity contribution in [2.24, 2.45) is 4.99 Å². The number of hydrogen-bond acceptors (Lipinski definition) is 5. The second-order valence-corrected chi connectivity index (χ2v) is 7.26. The van der Waals surface area contributed by atoms with Crippen molar-refractivity contribution in [3.63, 3.8) is 0 Å². The van der Waals surface area contributed by atoms with Crippen molar-refractivity contribution >= 4 is 19.9 Å². The van der Waals surface area contributed by atoms with Crippen molar-refractivity contribution in [1.29, 1.82) is 0 Å². The fraction of sp³-hybridized carbons (Fsp3) is 0.263. The van der Waals surface area contributed by atoms with Crippen LogP contribution >= 0.6 is 7.60 Å². The van der Waals surface area contributed by atoms with Crippen molar-refractivity contribution in [3.05, 3.63) is 70.9 Å². The number of hydrogen-bond donors (Lipinski definition) is 0. The first-order valence-corrected chi connectivity index (χ1v) is 9.74. The molecule has 0 N–H and O–H groups in total. The average Bonchev–Trinajstić information content (AvgIpc) is 2.61. The number of pyridine rings is 1. The van der Waals surface area contributed by atoms with E-state index >= 15 is 0 Å². The third-order valence-corrected chi connectivity index (χ3v) is 5.28. The first-order chi connectivity index (χ1) is 12.1. The highest BCUT2D eigenvalue weighted by Crippen LogP contribution is 2.57. The molecule has 0 atom stereocenters. The minimum atomic E-state index is -3.50. The van der Waals surface area contributed by atoms with Gasteiger partial charge in [0.1, 0.15) is 0 Å². The maximum Gasteiger partial charge on any atom is 0.379 e. The quantitative estimate of drug-likeness (QED) is 0.488. The van der Waals surface area contributed by atoms with Crippen LogP contribution in [0, 0.1) is 6.92 Å². The van der Waals surface area contributed by atoms with Gasteiger partial charge in [0.05, 0.1) is 13.2 Å². The van der Waals surface area contributed by atoms with Crippen molar-refractivity contribution in [1.82, 2.24) is 4.98 Å². The molecule has 0 unspecified atom stereocenters. The maximum absolute atomic E-state index is 13.2. The molecular formula is C19H23N2O3P. The van der Waals surface area contributed by atoms with E-state index in [1.165, 1.54) is 0 Å². The standard InChI is InChI=1S/C19H23N2O3P/c1-4-23-25(22,24-5-2)19(13-17-10-8-16(3)9-11-17)21-15-18-7-6-12-20-14-18/h6-15H,4-5H2,1-3H3/b19-13+,21-15+. The van der Waals surface area contributed by atoms with Crippen LogP contribution in [-0.2, 0) is 13.6 Å². The van der Waals surface area contributed by atoms with Gasteiger partial charge in [-0.2, -0.15) is 0 Å². The second-order valence-electron chi connectivity index (χ2n) is 5.29. The van der Waals surface area contributed by atoms with Crippen LogP contribution in [-0.4, -0.2) is 24.4 Å². The van der Waals surface area contributed by atoms with Gasteiger partial charge in [-0.05, 0) is 38.5 Å². The Labute approximate surface area is 149 Å². The molecule has 132 valence electrons. The highest BCUT2D eigenvalue weighted by Gasteiger charge is 2.29. The van der Waals surface area contributed by atoms with Gasteiger partial charge in [-0.15, -0.1) is 0 Å². The van der Waals surface area contributed by atoms with Crippen LogP contribution in [0.2, 0.25) is 0 Å². The molecule has 0 fully saturated rings. The summed E-state index contributed by atoms with van der Waals surface area (Å²) in [6, 6.07) is 11.5. The van der Waals surface area contributed by atoms with Gasteiger partial charge in [-0.3, -0.25) is 9.55 Å². The molecule has 5 nitrogen and oxygen atoms in total. The summed E-state index contributed by atoms with van der Waals surface area (Å²) in [6.45, 7) is 6.11. The molecular weight excluding hydrogens is 335 g/mol. The molecule has 0 aliphatic heterocycles. The molecule has 0 radical (unpaired) electrons. The van der Waals surface area contributed by atoms with E-state index in [0.717, 1.165) is 16.7 Å². The summed E-state index contributed by atoms with van der Waals surface area (Å²) in [5.41, 5.74) is 3.10. The Bertz CT molecular complexity index is 761.